The molecule has 2 rings (SSSR count). The minimum absolute atomic E-state index is 0.299. The molecule has 0 aromatic carbocycles. The molecule has 2 aliphatic rings. The zero-order chi connectivity index (χ0) is 12.7. The zero-order valence-electron chi connectivity index (χ0n) is 12.1. The van der Waals surface area contributed by atoms with Crippen LogP contribution in [0.2, 0.25) is 0 Å². The molecule has 0 aromatic heterocycles. The van der Waals surface area contributed by atoms with Gasteiger partial charge in [-0.05, 0) is 38.0 Å². The SMILES string of the molecule is CC1C/C=C/CCCCCCCCCC2(CO2)C1. The fraction of sp³-hybridized carbons (Fsp3) is 0.882. The van der Waals surface area contributed by atoms with Crippen LogP contribution in [-0.2, 0) is 4.74 Å². The van der Waals surface area contributed by atoms with E-state index in [4.69, 9.17) is 4.74 Å². The normalized spacial score (nSPS) is 37.7. The predicted octanol–water partition coefficient (Wildman–Crippen LogP) is 5.25. The summed E-state index contributed by atoms with van der Waals surface area (Å²) >= 11 is 0. The van der Waals surface area contributed by atoms with Gasteiger partial charge >= 0.3 is 0 Å². The van der Waals surface area contributed by atoms with Crippen LogP contribution in [0, 0.1) is 5.92 Å². The van der Waals surface area contributed by atoms with Crippen molar-refractivity contribution in [1.29, 1.82) is 0 Å². The van der Waals surface area contributed by atoms with Crippen LogP contribution in [0.15, 0.2) is 12.2 Å². The van der Waals surface area contributed by atoms with Gasteiger partial charge in [0.25, 0.3) is 0 Å². The molecule has 18 heavy (non-hydrogen) atoms. The number of hydrogen-bond acceptors (Lipinski definition) is 1. The van der Waals surface area contributed by atoms with Crippen LogP contribution in [0.3, 0.4) is 0 Å². The van der Waals surface area contributed by atoms with Crippen molar-refractivity contribution in [2.75, 3.05) is 6.61 Å². The Kier molecular flexibility index (Phi) is 5.75. The average molecular weight is 250 g/mol. The van der Waals surface area contributed by atoms with E-state index in [1.54, 1.807) is 0 Å². The van der Waals surface area contributed by atoms with Crippen molar-refractivity contribution in [3.8, 4) is 0 Å². The first-order chi connectivity index (χ1) is 8.81. The third-order valence-corrected chi connectivity index (χ3v) is 4.48. The van der Waals surface area contributed by atoms with E-state index in [9.17, 15) is 0 Å². The van der Waals surface area contributed by atoms with Gasteiger partial charge in [0.1, 0.15) is 0 Å². The van der Waals surface area contributed by atoms with Gasteiger partial charge in [-0.3, -0.25) is 0 Å². The molecule has 2 unspecified atom stereocenters. The first kappa shape index (κ1) is 14.1. The van der Waals surface area contributed by atoms with Crippen LogP contribution in [0.5, 0.6) is 0 Å². The van der Waals surface area contributed by atoms with E-state index in [-0.39, 0.29) is 0 Å². The highest BCUT2D eigenvalue weighted by molar-refractivity contribution is 4.95. The van der Waals surface area contributed by atoms with Gasteiger partial charge in [-0.25, -0.2) is 0 Å². The molecule has 0 bridgehead atoms. The summed E-state index contributed by atoms with van der Waals surface area (Å²) < 4.78 is 5.77. The molecule has 1 fully saturated rings. The second-order valence-electron chi connectivity index (χ2n) is 6.50. The second kappa shape index (κ2) is 7.33. The third kappa shape index (κ3) is 5.14. The molecule has 104 valence electrons. The van der Waals surface area contributed by atoms with Crippen molar-refractivity contribution in [2.45, 2.75) is 83.2 Å². The van der Waals surface area contributed by atoms with Gasteiger partial charge in [-0.1, -0.05) is 57.6 Å². The Balaban J connectivity index is 1.78. The van der Waals surface area contributed by atoms with Crippen LogP contribution in [0.1, 0.15) is 77.6 Å². The van der Waals surface area contributed by atoms with Crippen LogP contribution in [-0.4, -0.2) is 12.2 Å². The maximum Gasteiger partial charge on any atom is 0.0919 e. The summed E-state index contributed by atoms with van der Waals surface area (Å²) in [5, 5.41) is 0. The molecule has 1 nitrogen and oxygen atoms in total. The molecular weight excluding hydrogens is 220 g/mol. The van der Waals surface area contributed by atoms with E-state index < -0.39 is 0 Å². The van der Waals surface area contributed by atoms with Gasteiger partial charge in [0.05, 0.1) is 12.2 Å². The average Bonchev–Trinajstić information content (AvgIpc) is 3.10. The van der Waals surface area contributed by atoms with E-state index in [0.29, 0.717) is 5.60 Å². The molecule has 0 amide bonds. The van der Waals surface area contributed by atoms with Gasteiger partial charge < -0.3 is 4.74 Å². The van der Waals surface area contributed by atoms with Crippen LogP contribution in [0.4, 0.5) is 0 Å². The van der Waals surface area contributed by atoms with E-state index >= 15 is 0 Å². The molecular formula is C17H30O. The van der Waals surface area contributed by atoms with Gasteiger partial charge in [0.15, 0.2) is 0 Å². The lowest BCUT2D eigenvalue weighted by Crippen LogP contribution is -2.15. The van der Waals surface area contributed by atoms with Crippen molar-refractivity contribution in [1.82, 2.24) is 0 Å². The van der Waals surface area contributed by atoms with Gasteiger partial charge in [0.2, 0.25) is 0 Å². The molecule has 1 heterocycles. The largest absolute Gasteiger partial charge is 0.370 e. The van der Waals surface area contributed by atoms with Crippen LogP contribution >= 0.6 is 0 Å². The van der Waals surface area contributed by atoms with Gasteiger partial charge in [0, 0.05) is 0 Å². The standard InChI is InChI=1S/C17H30O/c1-16-12-10-8-6-4-2-3-5-7-9-11-13-17(14-16)15-18-17/h8,10,16H,2-7,9,11-15H2,1H3/b10-8+. The predicted molar refractivity (Wildman–Crippen MR) is 77.8 cm³/mol. The minimum atomic E-state index is 0.299. The summed E-state index contributed by atoms with van der Waals surface area (Å²) in [6.07, 6.45) is 19.8. The van der Waals surface area contributed by atoms with Gasteiger partial charge in [-0.15, -0.1) is 0 Å². The molecule has 1 spiro atoms. The maximum atomic E-state index is 5.77. The van der Waals surface area contributed by atoms with Gasteiger partial charge in [-0.2, -0.15) is 0 Å². The Bertz CT molecular complexity index is 252. The minimum Gasteiger partial charge on any atom is -0.370 e. The topological polar surface area (TPSA) is 12.5 Å². The van der Waals surface area contributed by atoms with Crippen molar-refractivity contribution >= 4 is 0 Å². The third-order valence-electron chi connectivity index (χ3n) is 4.48. The molecule has 2 atom stereocenters. The summed E-state index contributed by atoms with van der Waals surface area (Å²) in [7, 11) is 0. The molecule has 0 saturated carbocycles. The second-order valence-corrected chi connectivity index (χ2v) is 6.50. The number of rotatable bonds is 0. The summed E-state index contributed by atoms with van der Waals surface area (Å²) in [6, 6.07) is 0. The highest BCUT2D eigenvalue weighted by Gasteiger charge is 2.44. The monoisotopic (exact) mass is 250 g/mol. The molecule has 1 heteroatoms. The fourth-order valence-electron chi connectivity index (χ4n) is 3.22. The lowest BCUT2D eigenvalue weighted by atomic mass is 9.89. The Labute approximate surface area is 113 Å². The number of ether oxygens (including phenoxy) is 1. The van der Waals surface area contributed by atoms with Crippen molar-refractivity contribution < 1.29 is 4.74 Å². The summed E-state index contributed by atoms with van der Waals surface area (Å²) in [5.41, 5.74) is 0.299. The van der Waals surface area contributed by atoms with Crippen molar-refractivity contribution in [3.63, 3.8) is 0 Å². The van der Waals surface area contributed by atoms with E-state index in [2.05, 4.69) is 19.1 Å². The molecule has 1 saturated heterocycles. The van der Waals surface area contributed by atoms with Crippen LogP contribution in [0.25, 0.3) is 0 Å². The molecule has 0 aromatic rings. The summed E-state index contributed by atoms with van der Waals surface area (Å²) in [4.78, 5) is 0. The van der Waals surface area contributed by atoms with E-state index in [1.165, 1.54) is 70.6 Å². The van der Waals surface area contributed by atoms with Crippen molar-refractivity contribution in [2.24, 2.45) is 5.92 Å². The smallest absolute Gasteiger partial charge is 0.0919 e. The number of allylic oxidation sites excluding steroid dienone is 2. The molecule has 0 radical (unpaired) electrons. The lowest BCUT2D eigenvalue weighted by Gasteiger charge is -2.16. The van der Waals surface area contributed by atoms with E-state index in [0.717, 1.165) is 12.5 Å². The molecule has 0 N–H and O–H groups in total. The first-order valence-corrected chi connectivity index (χ1v) is 8.10. The Morgan fingerprint density at radius 3 is 2.33 bits per heavy atom. The highest BCUT2D eigenvalue weighted by Crippen LogP contribution is 2.39. The summed E-state index contributed by atoms with van der Waals surface area (Å²) in [6.45, 7) is 3.41. The van der Waals surface area contributed by atoms with Crippen LogP contribution < -0.4 is 0 Å². The molecule has 1 aliphatic carbocycles. The fourth-order valence-corrected chi connectivity index (χ4v) is 3.22. The lowest BCUT2D eigenvalue weighted by molar-refractivity contribution is 0.239. The first-order valence-electron chi connectivity index (χ1n) is 8.10. The Hall–Kier alpha value is -0.300. The zero-order valence-corrected chi connectivity index (χ0v) is 12.1. The maximum absolute atomic E-state index is 5.77. The number of epoxide rings is 1. The summed E-state index contributed by atoms with van der Waals surface area (Å²) in [5.74, 6) is 0.786. The highest BCUT2D eigenvalue weighted by atomic mass is 16.6. The van der Waals surface area contributed by atoms with Crippen molar-refractivity contribution in [3.05, 3.63) is 12.2 Å². The number of hydrogen-bond donors (Lipinski definition) is 0. The van der Waals surface area contributed by atoms with E-state index in [1.807, 2.05) is 0 Å². The quantitative estimate of drug-likeness (QED) is 0.422. The Morgan fingerprint density at radius 2 is 1.61 bits per heavy atom. The Morgan fingerprint density at radius 1 is 0.944 bits per heavy atom. The molecule has 1 aliphatic heterocycles.